The molecule has 0 N–H and O–H groups in total. The van der Waals surface area contributed by atoms with Crippen molar-refractivity contribution in [1.29, 1.82) is 0 Å². The Kier molecular flexibility index (Phi) is 7.10. The summed E-state index contributed by atoms with van der Waals surface area (Å²) in [5.74, 6) is -4.94. The Hall–Kier alpha value is -0.800. The molecule has 0 saturated carbocycles. The largest absolute Gasteiger partial charge is 0.305 e. The van der Waals surface area contributed by atoms with Gasteiger partial charge in [0.25, 0.3) is 0 Å². The second-order valence-electron chi connectivity index (χ2n) is 4.01. The van der Waals surface area contributed by atoms with Gasteiger partial charge < -0.3 is 0 Å². The molecule has 0 heterocycles. The molecule has 16 heavy (non-hydrogen) atoms. The Labute approximate surface area is 95.4 Å². The van der Waals surface area contributed by atoms with E-state index < -0.39 is 24.5 Å². The highest BCUT2D eigenvalue weighted by Gasteiger charge is 2.36. The van der Waals surface area contributed by atoms with Crippen molar-refractivity contribution in [3.05, 3.63) is 0 Å². The molecule has 2 nitrogen and oxygen atoms in total. The predicted molar refractivity (Wildman–Crippen MR) is 58.6 cm³/mol. The standard InChI is InChI=1S/C12H20F2O2/c1-3-5-6-7-8-10(15)9-11(16)12(13,14)4-2/h3-9H2,1-2H3. The summed E-state index contributed by atoms with van der Waals surface area (Å²) in [5, 5.41) is 0. The highest BCUT2D eigenvalue weighted by atomic mass is 19.3. The SMILES string of the molecule is CCCCCCC(=O)CC(=O)C(F)(F)CC. The number of hydrogen-bond acceptors (Lipinski definition) is 2. The lowest BCUT2D eigenvalue weighted by Gasteiger charge is -2.11. The van der Waals surface area contributed by atoms with Crippen LogP contribution < -0.4 is 0 Å². The quantitative estimate of drug-likeness (QED) is 0.451. The molecule has 0 aromatic rings. The molecule has 0 radical (unpaired) electrons. The average Bonchev–Trinajstić information content (AvgIpc) is 2.24. The van der Waals surface area contributed by atoms with Crippen LogP contribution in [0.2, 0.25) is 0 Å². The lowest BCUT2D eigenvalue weighted by Crippen LogP contribution is -2.29. The van der Waals surface area contributed by atoms with Crippen molar-refractivity contribution in [3.63, 3.8) is 0 Å². The van der Waals surface area contributed by atoms with Crippen LogP contribution in [0.25, 0.3) is 0 Å². The van der Waals surface area contributed by atoms with Gasteiger partial charge in [-0.25, -0.2) is 0 Å². The molecule has 0 saturated heterocycles. The fraction of sp³-hybridized carbons (Fsp3) is 0.833. The molecule has 0 rings (SSSR count). The molecule has 0 amide bonds. The lowest BCUT2D eigenvalue weighted by molar-refractivity contribution is -0.145. The van der Waals surface area contributed by atoms with Crippen molar-refractivity contribution in [2.24, 2.45) is 0 Å². The van der Waals surface area contributed by atoms with Crippen molar-refractivity contribution in [2.75, 3.05) is 0 Å². The van der Waals surface area contributed by atoms with E-state index in [1.807, 2.05) is 6.92 Å². The van der Waals surface area contributed by atoms with E-state index in [0.29, 0.717) is 6.42 Å². The number of alkyl halides is 2. The molecular weight excluding hydrogens is 214 g/mol. The van der Waals surface area contributed by atoms with Gasteiger partial charge in [-0.2, -0.15) is 8.78 Å². The molecule has 0 spiro atoms. The molecule has 0 aliphatic rings. The van der Waals surface area contributed by atoms with E-state index in [9.17, 15) is 18.4 Å². The van der Waals surface area contributed by atoms with E-state index >= 15 is 0 Å². The summed E-state index contributed by atoms with van der Waals surface area (Å²) < 4.78 is 25.7. The highest BCUT2D eigenvalue weighted by Crippen LogP contribution is 2.21. The predicted octanol–water partition coefficient (Wildman–Crippen LogP) is 3.53. The van der Waals surface area contributed by atoms with Gasteiger partial charge in [0, 0.05) is 12.8 Å². The normalized spacial score (nSPS) is 11.5. The zero-order chi connectivity index (χ0) is 12.6. The van der Waals surface area contributed by atoms with Crippen LogP contribution >= 0.6 is 0 Å². The van der Waals surface area contributed by atoms with Crippen LogP contribution in [-0.2, 0) is 9.59 Å². The van der Waals surface area contributed by atoms with Crippen LogP contribution in [0.3, 0.4) is 0 Å². The van der Waals surface area contributed by atoms with Crippen molar-refractivity contribution in [3.8, 4) is 0 Å². The topological polar surface area (TPSA) is 34.1 Å². The summed E-state index contributed by atoms with van der Waals surface area (Å²) in [6.07, 6.45) is 2.79. The van der Waals surface area contributed by atoms with Crippen LogP contribution in [0.5, 0.6) is 0 Å². The number of unbranched alkanes of at least 4 members (excludes halogenated alkanes) is 3. The Balaban J connectivity index is 3.83. The summed E-state index contributed by atoms with van der Waals surface area (Å²) in [4.78, 5) is 22.2. The number of rotatable bonds is 9. The van der Waals surface area contributed by atoms with E-state index in [1.54, 1.807) is 0 Å². The monoisotopic (exact) mass is 234 g/mol. The number of halogens is 2. The fourth-order valence-corrected chi connectivity index (χ4v) is 1.34. The minimum Gasteiger partial charge on any atom is -0.299 e. The van der Waals surface area contributed by atoms with Gasteiger partial charge in [0.2, 0.25) is 5.78 Å². The van der Waals surface area contributed by atoms with Gasteiger partial charge >= 0.3 is 5.92 Å². The third-order valence-corrected chi connectivity index (χ3v) is 2.52. The number of carbonyl (C=O) groups excluding carboxylic acids is 2. The molecule has 0 unspecified atom stereocenters. The van der Waals surface area contributed by atoms with Gasteiger partial charge in [-0.15, -0.1) is 0 Å². The molecule has 0 aliphatic carbocycles. The Morgan fingerprint density at radius 1 is 1.06 bits per heavy atom. The minimum atomic E-state index is -3.33. The number of hydrogen-bond donors (Lipinski definition) is 0. The van der Waals surface area contributed by atoms with Crippen LogP contribution in [0.15, 0.2) is 0 Å². The first kappa shape index (κ1) is 15.2. The Morgan fingerprint density at radius 2 is 1.69 bits per heavy atom. The molecule has 4 heteroatoms. The first-order valence-electron chi connectivity index (χ1n) is 5.86. The zero-order valence-corrected chi connectivity index (χ0v) is 10.0. The van der Waals surface area contributed by atoms with E-state index in [1.165, 1.54) is 6.92 Å². The zero-order valence-electron chi connectivity index (χ0n) is 10.0. The maximum atomic E-state index is 12.8. The van der Waals surface area contributed by atoms with E-state index in [-0.39, 0.29) is 12.2 Å². The summed E-state index contributed by atoms with van der Waals surface area (Å²) >= 11 is 0. The van der Waals surface area contributed by atoms with Crippen molar-refractivity contribution in [1.82, 2.24) is 0 Å². The van der Waals surface area contributed by atoms with Crippen LogP contribution in [0.1, 0.15) is 58.8 Å². The molecule has 0 aromatic carbocycles. The molecule has 0 atom stereocenters. The molecule has 0 fully saturated rings. The van der Waals surface area contributed by atoms with Gasteiger partial charge in [0.1, 0.15) is 5.78 Å². The summed E-state index contributed by atoms with van der Waals surface area (Å²) in [6, 6.07) is 0. The van der Waals surface area contributed by atoms with Crippen LogP contribution in [0.4, 0.5) is 8.78 Å². The smallest absolute Gasteiger partial charge is 0.299 e. The third-order valence-electron chi connectivity index (χ3n) is 2.52. The van der Waals surface area contributed by atoms with Gasteiger partial charge in [-0.1, -0.05) is 33.1 Å². The molecular formula is C12H20F2O2. The molecule has 0 bridgehead atoms. The maximum Gasteiger partial charge on any atom is 0.305 e. The molecule has 0 aromatic heterocycles. The van der Waals surface area contributed by atoms with Crippen LogP contribution in [0, 0.1) is 0 Å². The highest BCUT2D eigenvalue weighted by molar-refractivity contribution is 6.02. The molecule has 94 valence electrons. The first-order valence-corrected chi connectivity index (χ1v) is 5.86. The lowest BCUT2D eigenvalue weighted by atomic mass is 10.0. The Morgan fingerprint density at radius 3 is 2.19 bits per heavy atom. The minimum absolute atomic E-state index is 0.242. The van der Waals surface area contributed by atoms with Crippen LogP contribution in [-0.4, -0.2) is 17.5 Å². The first-order chi connectivity index (χ1) is 7.44. The van der Waals surface area contributed by atoms with Gasteiger partial charge in [0.15, 0.2) is 0 Å². The van der Waals surface area contributed by atoms with Crippen molar-refractivity contribution < 1.29 is 18.4 Å². The number of carbonyl (C=O) groups is 2. The summed E-state index contributed by atoms with van der Waals surface area (Å²) in [7, 11) is 0. The Bertz CT molecular complexity index is 237. The average molecular weight is 234 g/mol. The summed E-state index contributed by atoms with van der Waals surface area (Å²) in [5.41, 5.74) is 0. The number of ketones is 2. The second-order valence-corrected chi connectivity index (χ2v) is 4.01. The third kappa shape index (κ3) is 5.93. The van der Waals surface area contributed by atoms with Gasteiger partial charge in [-0.3, -0.25) is 9.59 Å². The summed E-state index contributed by atoms with van der Waals surface area (Å²) in [6.45, 7) is 3.29. The van der Waals surface area contributed by atoms with Crippen molar-refractivity contribution >= 4 is 11.6 Å². The maximum absolute atomic E-state index is 12.8. The fourth-order valence-electron chi connectivity index (χ4n) is 1.34. The van der Waals surface area contributed by atoms with E-state index in [2.05, 4.69) is 0 Å². The van der Waals surface area contributed by atoms with E-state index in [0.717, 1.165) is 19.3 Å². The second kappa shape index (κ2) is 7.47. The van der Waals surface area contributed by atoms with Gasteiger partial charge in [0.05, 0.1) is 6.42 Å². The number of Topliss-reactive ketones (excluding diaryl/α,β-unsaturated/α-hetero) is 2. The molecule has 0 aliphatic heterocycles. The van der Waals surface area contributed by atoms with E-state index in [4.69, 9.17) is 0 Å². The van der Waals surface area contributed by atoms with Crippen molar-refractivity contribution in [2.45, 2.75) is 64.7 Å². The van der Waals surface area contributed by atoms with Gasteiger partial charge in [-0.05, 0) is 6.42 Å².